The van der Waals surface area contributed by atoms with Crippen molar-refractivity contribution in [3.63, 3.8) is 0 Å². The van der Waals surface area contributed by atoms with Gasteiger partial charge in [-0.1, -0.05) is 24.3 Å². The van der Waals surface area contributed by atoms with E-state index < -0.39 is 0 Å². The highest BCUT2D eigenvalue weighted by molar-refractivity contribution is 5.61. The predicted molar refractivity (Wildman–Crippen MR) is 80.5 cm³/mol. The molecule has 0 spiro atoms. The number of aromatic nitrogens is 2. The Morgan fingerprint density at radius 3 is 2.35 bits per heavy atom. The second-order valence-corrected chi connectivity index (χ2v) is 4.92. The summed E-state index contributed by atoms with van der Waals surface area (Å²) in [5, 5.41) is 0. The lowest BCUT2D eigenvalue weighted by Gasteiger charge is -2.20. The molecule has 1 aromatic carbocycles. The van der Waals surface area contributed by atoms with E-state index in [-0.39, 0.29) is 5.95 Å². The Morgan fingerprint density at radius 1 is 1.15 bits per heavy atom. The molecule has 0 radical (unpaired) electrons. The van der Waals surface area contributed by atoms with Gasteiger partial charge in [0.1, 0.15) is 0 Å². The monoisotopic (exact) mass is 272 g/mol. The fraction of sp³-hybridized carbons (Fsp3) is 0.333. The van der Waals surface area contributed by atoms with E-state index in [9.17, 15) is 0 Å². The molecule has 2 N–H and O–H groups in total. The summed E-state index contributed by atoms with van der Waals surface area (Å²) in [6, 6.07) is 10.4. The number of anilines is 1. The summed E-state index contributed by atoms with van der Waals surface area (Å²) >= 11 is 0. The van der Waals surface area contributed by atoms with Crippen molar-refractivity contribution in [2.75, 3.05) is 26.9 Å². The predicted octanol–water partition coefficient (Wildman–Crippen LogP) is 2.36. The summed E-state index contributed by atoms with van der Waals surface area (Å²) in [6.07, 6.45) is 0. The summed E-state index contributed by atoms with van der Waals surface area (Å²) in [6.45, 7) is 2.17. The number of nitrogen functional groups attached to an aromatic ring is 1. The average Bonchev–Trinajstić information content (AvgIpc) is 2.45. The highest BCUT2D eigenvalue weighted by Crippen LogP contribution is 2.24. The van der Waals surface area contributed by atoms with Crippen LogP contribution in [0.25, 0.3) is 11.3 Å². The molecule has 106 valence electrons. The number of rotatable bonds is 4. The third kappa shape index (κ3) is 3.05. The SMILES string of the molecule is COc1cc(-c2ccc([C@@H](C)N(C)C)cc2)nc(N)n1. The highest BCUT2D eigenvalue weighted by Gasteiger charge is 2.09. The normalized spacial score (nSPS) is 12.4. The first kappa shape index (κ1) is 14.3. The maximum Gasteiger partial charge on any atom is 0.223 e. The Morgan fingerprint density at radius 2 is 1.80 bits per heavy atom. The quantitative estimate of drug-likeness (QED) is 0.925. The standard InChI is InChI=1S/C15H20N4O/c1-10(19(2)3)11-5-7-12(8-6-11)13-9-14(20-4)18-15(16)17-13/h5-10H,1-4H3,(H2,16,17,18)/t10-/m1/s1. The van der Waals surface area contributed by atoms with Crippen molar-refractivity contribution in [3.05, 3.63) is 35.9 Å². The van der Waals surface area contributed by atoms with Crippen LogP contribution >= 0.6 is 0 Å². The third-order valence-corrected chi connectivity index (χ3v) is 3.39. The number of benzene rings is 1. The molecule has 0 unspecified atom stereocenters. The fourth-order valence-electron chi connectivity index (χ4n) is 1.93. The molecule has 5 nitrogen and oxygen atoms in total. The van der Waals surface area contributed by atoms with Crippen molar-refractivity contribution < 1.29 is 4.74 Å². The molecular weight excluding hydrogens is 252 g/mol. The molecule has 0 aliphatic heterocycles. The zero-order valence-corrected chi connectivity index (χ0v) is 12.3. The van der Waals surface area contributed by atoms with E-state index in [0.29, 0.717) is 11.9 Å². The van der Waals surface area contributed by atoms with E-state index >= 15 is 0 Å². The van der Waals surface area contributed by atoms with Gasteiger partial charge in [0.25, 0.3) is 0 Å². The van der Waals surface area contributed by atoms with E-state index in [0.717, 1.165) is 11.3 Å². The van der Waals surface area contributed by atoms with E-state index in [1.807, 2.05) is 12.1 Å². The van der Waals surface area contributed by atoms with Crippen molar-refractivity contribution >= 4 is 5.95 Å². The molecular formula is C15H20N4O. The summed E-state index contributed by atoms with van der Waals surface area (Å²) in [5.41, 5.74) is 8.69. The van der Waals surface area contributed by atoms with Crippen molar-refractivity contribution in [3.8, 4) is 17.1 Å². The van der Waals surface area contributed by atoms with Crippen molar-refractivity contribution in [2.24, 2.45) is 0 Å². The number of methoxy groups -OCH3 is 1. The zero-order valence-electron chi connectivity index (χ0n) is 12.3. The lowest BCUT2D eigenvalue weighted by atomic mass is 10.0. The van der Waals surface area contributed by atoms with Gasteiger partial charge in [0, 0.05) is 17.7 Å². The molecule has 0 aliphatic carbocycles. The lowest BCUT2D eigenvalue weighted by Crippen LogP contribution is -2.16. The second-order valence-electron chi connectivity index (χ2n) is 4.92. The molecule has 5 heteroatoms. The molecule has 0 fully saturated rings. The summed E-state index contributed by atoms with van der Waals surface area (Å²) in [7, 11) is 5.69. The van der Waals surface area contributed by atoms with Gasteiger partial charge in [-0.15, -0.1) is 0 Å². The van der Waals surface area contributed by atoms with E-state index in [1.165, 1.54) is 5.56 Å². The molecule has 1 heterocycles. The molecule has 0 bridgehead atoms. The fourth-order valence-corrected chi connectivity index (χ4v) is 1.93. The average molecular weight is 272 g/mol. The van der Waals surface area contributed by atoms with Crippen LogP contribution in [-0.4, -0.2) is 36.1 Å². The number of hydrogen-bond acceptors (Lipinski definition) is 5. The van der Waals surface area contributed by atoms with Crippen LogP contribution in [-0.2, 0) is 0 Å². The van der Waals surface area contributed by atoms with Gasteiger partial charge in [0.15, 0.2) is 0 Å². The Kier molecular flexibility index (Phi) is 4.20. The van der Waals surface area contributed by atoms with Gasteiger partial charge in [-0.2, -0.15) is 4.98 Å². The number of nitrogens with two attached hydrogens (primary N) is 1. The Labute approximate surface area is 119 Å². The topological polar surface area (TPSA) is 64.3 Å². The van der Waals surface area contributed by atoms with Crippen molar-refractivity contribution in [2.45, 2.75) is 13.0 Å². The van der Waals surface area contributed by atoms with Crippen molar-refractivity contribution in [1.29, 1.82) is 0 Å². The largest absolute Gasteiger partial charge is 0.481 e. The first-order valence-corrected chi connectivity index (χ1v) is 6.46. The molecule has 2 rings (SSSR count). The van der Waals surface area contributed by atoms with Crippen LogP contribution in [0.1, 0.15) is 18.5 Å². The molecule has 2 aromatic rings. The van der Waals surface area contributed by atoms with Crippen LogP contribution in [0.3, 0.4) is 0 Å². The smallest absolute Gasteiger partial charge is 0.223 e. The number of ether oxygens (including phenoxy) is 1. The van der Waals surface area contributed by atoms with Gasteiger partial charge in [-0.05, 0) is 26.6 Å². The van der Waals surface area contributed by atoms with E-state index in [2.05, 4.69) is 48.0 Å². The van der Waals surface area contributed by atoms with Gasteiger partial charge >= 0.3 is 0 Å². The molecule has 1 atom stereocenters. The molecule has 0 saturated carbocycles. The minimum Gasteiger partial charge on any atom is -0.481 e. The maximum absolute atomic E-state index is 5.68. The van der Waals surface area contributed by atoms with Crippen molar-refractivity contribution in [1.82, 2.24) is 14.9 Å². The van der Waals surface area contributed by atoms with Gasteiger partial charge < -0.3 is 15.4 Å². The Hall–Kier alpha value is -2.14. The van der Waals surface area contributed by atoms with Gasteiger partial charge in [-0.3, -0.25) is 0 Å². The Balaban J connectivity index is 2.32. The van der Waals surface area contributed by atoms with Crippen LogP contribution in [0.15, 0.2) is 30.3 Å². The van der Waals surface area contributed by atoms with E-state index in [1.54, 1.807) is 13.2 Å². The maximum atomic E-state index is 5.68. The van der Waals surface area contributed by atoms with Gasteiger partial charge in [0.2, 0.25) is 11.8 Å². The number of nitrogens with zero attached hydrogens (tertiary/aromatic N) is 3. The molecule has 1 aromatic heterocycles. The van der Waals surface area contributed by atoms with Crippen LogP contribution in [0.4, 0.5) is 5.95 Å². The van der Waals surface area contributed by atoms with Crippen LogP contribution in [0.5, 0.6) is 5.88 Å². The first-order valence-electron chi connectivity index (χ1n) is 6.46. The van der Waals surface area contributed by atoms with Crippen LogP contribution < -0.4 is 10.5 Å². The molecule has 0 amide bonds. The van der Waals surface area contributed by atoms with Gasteiger partial charge in [-0.25, -0.2) is 4.98 Å². The second kappa shape index (κ2) is 5.88. The van der Waals surface area contributed by atoms with Crippen LogP contribution in [0, 0.1) is 0 Å². The first-order chi connectivity index (χ1) is 9.51. The minimum absolute atomic E-state index is 0.213. The number of hydrogen-bond donors (Lipinski definition) is 1. The zero-order chi connectivity index (χ0) is 14.7. The summed E-state index contributed by atoms with van der Waals surface area (Å²) in [4.78, 5) is 10.4. The Bertz CT molecular complexity index is 581. The molecule has 0 aliphatic rings. The summed E-state index contributed by atoms with van der Waals surface area (Å²) in [5.74, 6) is 0.684. The molecule has 0 saturated heterocycles. The lowest BCUT2D eigenvalue weighted by molar-refractivity contribution is 0.321. The summed E-state index contributed by atoms with van der Waals surface area (Å²) < 4.78 is 5.11. The van der Waals surface area contributed by atoms with E-state index in [4.69, 9.17) is 10.5 Å². The third-order valence-electron chi connectivity index (χ3n) is 3.39. The minimum atomic E-state index is 0.213. The highest BCUT2D eigenvalue weighted by atomic mass is 16.5. The van der Waals surface area contributed by atoms with Gasteiger partial charge in [0.05, 0.1) is 12.8 Å². The van der Waals surface area contributed by atoms with Crippen LogP contribution in [0.2, 0.25) is 0 Å². The molecule has 20 heavy (non-hydrogen) atoms.